The highest BCUT2D eigenvalue weighted by Crippen LogP contribution is 2.15. The molecule has 0 fully saturated rings. The van der Waals surface area contributed by atoms with Crippen LogP contribution in [0.25, 0.3) is 0 Å². The molecule has 0 amide bonds. The first-order valence-corrected chi connectivity index (χ1v) is 10.9. The van der Waals surface area contributed by atoms with Gasteiger partial charge in [0, 0.05) is 12.5 Å². The fourth-order valence-electron chi connectivity index (χ4n) is 2.65. The zero-order valence-corrected chi connectivity index (χ0v) is 19.7. The SMILES string of the molecule is C=CC(=O)OCCCOc1ccc(C(=O)OC(=C)/C=C\C(=C)OC(=O)c2ccc(CC)cc2)cc1. The standard InChI is InChI=1S/C28H28O7/c1-5-22-10-12-23(13-11-22)27(30)34-20(3)8-9-21(4)35-28(31)24-14-16-25(17-15-24)32-18-7-19-33-26(29)6-2/h6,8-17H,2-5,7,18-19H2,1H3/b9-8-. The van der Waals surface area contributed by atoms with Gasteiger partial charge in [0.1, 0.15) is 17.3 Å². The molecular weight excluding hydrogens is 448 g/mol. The Morgan fingerprint density at radius 3 is 1.80 bits per heavy atom. The highest BCUT2D eigenvalue weighted by molar-refractivity contribution is 5.91. The van der Waals surface area contributed by atoms with Crippen molar-refractivity contribution in [3.05, 3.63) is 115 Å². The molecule has 0 unspecified atom stereocenters. The lowest BCUT2D eigenvalue weighted by Gasteiger charge is -2.08. The molecule has 0 heterocycles. The van der Waals surface area contributed by atoms with E-state index in [2.05, 4.69) is 19.7 Å². The lowest BCUT2D eigenvalue weighted by atomic mass is 10.1. The predicted molar refractivity (Wildman–Crippen MR) is 132 cm³/mol. The number of esters is 3. The first-order valence-electron chi connectivity index (χ1n) is 10.9. The Morgan fingerprint density at radius 1 is 0.800 bits per heavy atom. The molecule has 35 heavy (non-hydrogen) atoms. The molecule has 0 aromatic heterocycles. The van der Waals surface area contributed by atoms with Gasteiger partial charge >= 0.3 is 17.9 Å². The smallest absolute Gasteiger partial charge is 0.343 e. The van der Waals surface area contributed by atoms with Crippen LogP contribution >= 0.6 is 0 Å². The molecule has 0 aliphatic heterocycles. The van der Waals surface area contributed by atoms with Crippen LogP contribution in [0.1, 0.15) is 39.6 Å². The number of benzene rings is 2. The number of ether oxygens (including phenoxy) is 4. The Hall–Kier alpha value is -4.39. The summed E-state index contributed by atoms with van der Waals surface area (Å²) in [6.07, 6.45) is 5.25. The Morgan fingerprint density at radius 2 is 1.31 bits per heavy atom. The van der Waals surface area contributed by atoms with Crippen molar-refractivity contribution in [2.24, 2.45) is 0 Å². The lowest BCUT2D eigenvalue weighted by Crippen LogP contribution is -2.07. The zero-order valence-electron chi connectivity index (χ0n) is 19.7. The monoisotopic (exact) mass is 476 g/mol. The van der Waals surface area contributed by atoms with E-state index in [1.54, 1.807) is 36.4 Å². The number of carbonyl (C=O) groups excluding carboxylic acids is 3. The molecule has 2 aromatic carbocycles. The summed E-state index contributed by atoms with van der Waals surface area (Å²) >= 11 is 0. The van der Waals surface area contributed by atoms with Gasteiger partial charge in [-0.25, -0.2) is 14.4 Å². The van der Waals surface area contributed by atoms with Gasteiger partial charge in [0.05, 0.1) is 24.3 Å². The number of allylic oxidation sites excluding steroid dienone is 2. The van der Waals surface area contributed by atoms with E-state index in [0.717, 1.165) is 18.1 Å². The minimum absolute atomic E-state index is 0.0499. The summed E-state index contributed by atoms with van der Waals surface area (Å²) in [5.74, 6) is -0.947. The van der Waals surface area contributed by atoms with E-state index in [9.17, 15) is 14.4 Å². The normalized spacial score (nSPS) is 10.3. The zero-order chi connectivity index (χ0) is 25.6. The predicted octanol–water partition coefficient (Wildman–Crippen LogP) is 5.34. The van der Waals surface area contributed by atoms with E-state index in [1.807, 2.05) is 19.1 Å². The lowest BCUT2D eigenvalue weighted by molar-refractivity contribution is -0.137. The van der Waals surface area contributed by atoms with Gasteiger partial charge in [-0.1, -0.05) is 38.8 Å². The van der Waals surface area contributed by atoms with Gasteiger partial charge in [-0.3, -0.25) is 0 Å². The Labute approximate surface area is 205 Å². The van der Waals surface area contributed by atoms with Crippen molar-refractivity contribution in [2.75, 3.05) is 13.2 Å². The van der Waals surface area contributed by atoms with Crippen molar-refractivity contribution in [3.8, 4) is 5.75 Å². The molecule has 0 atom stereocenters. The van der Waals surface area contributed by atoms with Crippen LogP contribution < -0.4 is 4.74 Å². The number of aryl methyl sites for hydroxylation is 1. The van der Waals surface area contributed by atoms with Crippen molar-refractivity contribution < 1.29 is 33.3 Å². The average Bonchev–Trinajstić information content (AvgIpc) is 2.87. The number of carbonyl (C=O) groups is 3. The van der Waals surface area contributed by atoms with Gasteiger partial charge in [0.2, 0.25) is 0 Å². The summed E-state index contributed by atoms with van der Waals surface area (Å²) in [5, 5.41) is 0. The topological polar surface area (TPSA) is 88.1 Å². The third-order valence-corrected chi connectivity index (χ3v) is 4.56. The molecule has 0 saturated carbocycles. The minimum atomic E-state index is -0.610. The maximum absolute atomic E-state index is 12.3. The molecule has 2 aromatic rings. The van der Waals surface area contributed by atoms with E-state index in [4.69, 9.17) is 18.9 Å². The van der Waals surface area contributed by atoms with Gasteiger partial charge < -0.3 is 18.9 Å². The largest absolute Gasteiger partial charge is 0.493 e. The number of rotatable bonds is 13. The van der Waals surface area contributed by atoms with Gasteiger partial charge in [-0.15, -0.1) is 0 Å². The molecule has 0 N–H and O–H groups in total. The number of hydrogen-bond donors (Lipinski definition) is 0. The maximum Gasteiger partial charge on any atom is 0.343 e. The second kappa shape index (κ2) is 14.0. The third-order valence-electron chi connectivity index (χ3n) is 4.56. The van der Waals surface area contributed by atoms with Gasteiger partial charge in [0.15, 0.2) is 0 Å². The third kappa shape index (κ3) is 9.55. The second-order valence-electron chi connectivity index (χ2n) is 7.19. The first-order chi connectivity index (χ1) is 16.8. The van der Waals surface area contributed by atoms with Crippen molar-refractivity contribution in [3.63, 3.8) is 0 Å². The van der Waals surface area contributed by atoms with Crippen LogP contribution in [0.3, 0.4) is 0 Å². The summed E-state index contributed by atoms with van der Waals surface area (Å²) < 4.78 is 20.8. The van der Waals surface area contributed by atoms with E-state index in [-0.39, 0.29) is 18.1 Å². The Bertz CT molecular complexity index is 1090. The second-order valence-corrected chi connectivity index (χ2v) is 7.19. The molecule has 7 nitrogen and oxygen atoms in total. The Balaban J connectivity index is 1.76. The van der Waals surface area contributed by atoms with Crippen LogP contribution in [0.4, 0.5) is 0 Å². The Kier molecular flexibility index (Phi) is 10.7. The molecule has 0 saturated heterocycles. The van der Waals surface area contributed by atoms with Crippen LogP contribution in [0.2, 0.25) is 0 Å². The van der Waals surface area contributed by atoms with Crippen LogP contribution in [0.15, 0.2) is 98.0 Å². The summed E-state index contributed by atoms with van der Waals surface area (Å²) in [5.41, 5.74) is 1.82. The van der Waals surface area contributed by atoms with E-state index >= 15 is 0 Å². The summed E-state index contributed by atoms with van der Waals surface area (Å²) in [7, 11) is 0. The molecule has 182 valence electrons. The van der Waals surface area contributed by atoms with Gasteiger partial charge in [-0.05, 0) is 60.5 Å². The quantitative estimate of drug-likeness (QED) is 0.0962. The van der Waals surface area contributed by atoms with Crippen LogP contribution in [-0.2, 0) is 25.4 Å². The summed E-state index contributed by atoms with van der Waals surface area (Å²) in [6.45, 7) is 13.2. The number of hydrogen-bond acceptors (Lipinski definition) is 7. The minimum Gasteiger partial charge on any atom is -0.493 e. The molecular formula is C28H28O7. The van der Waals surface area contributed by atoms with Crippen LogP contribution in [0, 0.1) is 0 Å². The fraction of sp³-hybridized carbons (Fsp3) is 0.179. The maximum atomic E-state index is 12.3. The first kappa shape index (κ1) is 26.9. The highest BCUT2D eigenvalue weighted by Gasteiger charge is 2.10. The summed E-state index contributed by atoms with van der Waals surface area (Å²) in [4.78, 5) is 35.4. The van der Waals surface area contributed by atoms with E-state index < -0.39 is 17.9 Å². The fourth-order valence-corrected chi connectivity index (χ4v) is 2.65. The van der Waals surface area contributed by atoms with E-state index in [0.29, 0.717) is 29.9 Å². The molecule has 2 rings (SSSR count). The molecule has 0 radical (unpaired) electrons. The summed E-state index contributed by atoms with van der Waals surface area (Å²) in [6, 6.07) is 13.5. The van der Waals surface area contributed by atoms with E-state index in [1.165, 1.54) is 12.2 Å². The molecule has 0 aliphatic carbocycles. The molecule has 7 heteroatoms. The van der Waals surface area contributed by atoms with Crippen molar-refractivity contribution >= 4 is 17.9 Å². The van der Waals surface area contributed by atoms with Crippen molar-refractivity contribution in [1.82, 2.24) is 0 Å². The van der Waals surface area contributed by atoms with Gasteiger partial charge in [-0.2, -0.15) is 0 Å². The molecule has 0 spiro atoms. The van der Waals surface area contributed by atoms with Crippen molar-refractivity contribution in [2.45, 2.75) is 19.8 Å². The van der Waals surface area contributed by atoms with Gasteiger partial charge in [0.25, 0.3) is 0 Å². The van der Waals surface area contributed by atoms with Crippen LogP contribution in [-0.4, -0.2) is 31.1 Å². The molecule has 0 aliphatic rings. The highest BCUT2D eigenvalue weighted by atomic mass is 16.5. The van der Waals surface area contributed by atoms with Crippen LogP contribution in [0.5, 0.6) is 5.75 Å². The molecule has 0 bridgehead atoms. The average molecular weight is 477 g/mol. The van der Waals surface area contributed by atoms with Crippen molar-refractivity contribution in [1.29, 1.82) is 0 Å².